The lowest BCUT2D eigenvalue weighted by Crippen LogP contribution is -2.62. The Morgan fingerprint density at radius 3 is 2.53 bits per heavy atom. The van der Waals surface area contributed by atoms with E-state index in [1.807, 2.05) is 34.6 Å². The van der Waals surface area contributed by atoms with Crippen molar-refractivity contribution >= 4 is 12.0 Å². The normalized spacial score (nSPS) is 23.8. The summed E-state index contributed by atoms with van der Waals surface area (Å²) in [4.78, 5) is 25.7. The van der Waals surface area contributed by atoms with Crippen LogP contribution in [0.4, 0.5) is 4.79 Å². The first-order chi connectivity index (χ1) is 8.65. The average molecular weight is 268 g/mol. The third-order valence-electron chi connectivity index (χ3n) is 2.98. The molecule has 2 atom stereocenters. The highest BCUT2D eigenvalue weighted by Gasteiger charge is 2.38. The van der Waals surface area contributed by atoms with Crippen molar-refractivity contribution in [3.63, 3.8) is 0 Å². The predicted molar refractivity (Wildman–Crippen MR) is 73.8 cm³/mol. The third kappa shape index (κ3) is 3.98. The van der Waals surface area contributed by atoms with Gasteiger partial charge in [0.15, 0.2) is 0 Å². The van der Waals surface area contributed by atoms with Gasteiger partial charge < -0.3 is 10.1 Å². The molecule has 108 valence electrons. The van der Waals surface area contributed by atoms with Gasteiger partial charge in [0.2, 0.25) is 5.91 Å². The topological polar surface area (TPSA) is 58.6 Å². The predicted octanol–water partition coefficient (Wildman–Crippen LogP) is 2.08. The SMILES string of the molecule is C=C(C)[C@@H]1CN(C(=O)OC(C)(C)C)[C@H](CC)C(=O)N1. The van der Waals surface area contributed by atoms with Crippen LogP contribution in [0.15, 0.2) is 12.2 Å². The van der Waals surface area contributed by atoms with Gasteiger partial charge in [-0.2, -0.15) is 0 Å². The fourth-order valence-corrected chi connectivity index (χ4v) is 1.99. The van der Waals surface area contributed by atoms with E-state index >= 15 is 0 Å². The molecule has 0 bridgehead atoms. The van der Waals surface area contributed by atoms with Crippen molar-refractivity contribution < 1.29 is 14.3 Å². The Hall–Kier alpha value is -1.52. The molecule has 1 aliphatic heterocycles. The number of carbonyl (C=O) groups is 2. The lowest BCUT2D eigenvalue weighted by molar-refractivity contribution is -0.130. The first-order valence-electron chi connectivity index (χ1n) is 6.61. The Bertz CT molecular complexity index is 385. The van der Waals surface area contributed by atoms with Gasteiger partial charge in [-0.3, -0.25) is 9.69 Å². The van der Waals surface area contributed by atoms with E-state index in [4.69, 9.17) is 4.74 Å². The van der Waals surface area contributed by atoms with E-state index < -0.39 is 17.7 Å². The highest BCUT2D eigenvalue weighted by atomic mass is 16.6. The van der Waals surface area contributed by atoms with Gasteiger partial charge >= 0.3 is 6.09 Å². The van der Waals surface area contributed by atoms with Gasteiger partial charge in [-0.1, -0.05) is 19.1 Å². The fourth-order valence-electron chi connectivity index (χ4n) is 1.99. The van der Waals surface area contributed by atoms with E-state index in [2.05, 4.69) is 11.9 Å². The molecule has 0 saturated carbocycles. The van der Waals surface area contributed by atoms with Gasteiger partial charge in [0, 0.05) is 6.54 Å². The molecule has 1 heterocycles. The number of carbonyl (C=O) groups excluding carboxylic acids is 2. The van der Waals surface area contributed by atoms with Crippen LogP contribution < -0.4 is 5.32 Å². The largest absolute Gasteiger partial charge is 0.444 e. The number of hydrogen-bond donors (Lipinski definition) is 1. The number of amides is 2. The summed E-state index contributed by atoms with van der Waals surface area (Å²) in [5.41, 5.74) is 0.263. The summed E-state index contributed by atoms with van der Waals surface area (Å²) < 4.78 is 5.36. The number of hydrogen-bond acceptors (Lipinski definition) is 3. The Morgan fingerprint density at radius 1 is 1.53 bits per heavy atom. The number of nitrogens with one attached hydrogen (secondary N) is 1. The molecule has 0 unspecified atom stereocenters. The summed E-state index contributed by atoms with van der Waals surface area (Å²) >= 11 is 0. The summed E-state index contributed by atoms with van der Waals surface area (Å²) in [5.74, 6) is -0.146. The van der Waals surface area contributed by atoms with Crippen molar-refractivity contribution in [2.45, 2.75) is 58.7 Å². The Morgan fingerprint density at radius 2 is 2.11 bits per heavy atom. The van der Waals surface area contributed by atoms with Crippen LogP contribution in [-0.4, -0.2) is 41.1 Å². The molecule has 0 radical (unpaired) electrons. The zero-order chi connectivity index (χ0) is 14.8. The minimum atomic E-state index is -0.567. The van der Waals surface area contributed by atoms with Gasteiger partial charge in [-0.15, -0.1) is 0 Å². The average Bonchev–Trinajstić information content (AvgIpc) is 2.25. The van der Waals surface area contributed by atoms with Crippen LogP contribution in [0.2, 0.25) is 0 Å². The summed E-state index contributed by atoms with van der Waals surface area (Å²) in [7, 11) is 0. The molecule has 0 aromatic rings. The second-order valence-electron chi connectivity index (χ2n) is 5.96. The van der Waals surface area contributed by atoms with Crippen LogP contribution in [0.25, 0.3) is 0 Å². The molecule has 1 aliphatic rings. The van der Waals surface area contributed by atoms with Crippen LogP contribution in [0.3, 0.4) is 0 Å². The maximum Gasteiger partial charge on any atom is 0.411 e. The monoisotopic (exact) mass is 268 g/mol. The molecular weight excluding hydrogens is 244 g/mol. The molecule has 2 amide bonds. The lowest BCUT2D eigenvalue weighted by Gasteiger charge is -2.39. The highest BCUT2D eigenvalue weighted by Crippen LogP contribution is 2.19. The summed E-state index contributed by atoms with van der Waals surface area (Å²) in [6.45, 7) is 13.4. The van der Waals surface area contributed by atoms with E-state index in [1.165, 1.54) is 4.90 Å². The van der Waals surface area contributed by atoms with Gasteiger partial charge in [0.05, 0.1) is 6.04 Å². The molecule has 1 N–H and O–H groups in total. The number of rotatable bonds is 2. The Kier molecular flexibility index (Phi) is 4.61. The Balaban J connectivity index is 2.89. The molecule has 1 fully saturated rings. The minimum absolute atomic E-state index is 0.146. The van der Waals surface area contributed by atoms with E-state index in [1.54, 1.807) is 0 Å². The smallest absolute Gasteiger partial charge is 0.411 e. The van der Waals surface area contributed by atoms with Gasteiger partial charge in [0.25, 0.3) is 0 Å². The highest BCUT2D eigenvalue weighted by molar-refractivity contribution is 5.87. The van der Waals surface area contributed by atoms with Crippen LogP contribution in [0.1, 0.15) is 41.0 Å². The van der Waals surface area contributed by atoms with Crippen molar-refractivity contribution in [2.75, 3.05) is 6.54 Å². The number of ether oxygens (including phenoxy) is 1. The first kappa shape index (κ1) is 15.5. The molecule has 1 saturated heterocycles. The van der Waals surface area contributed by atoms with Crippen molar-refractivity contribution in [1.82, 2.24) is 10.2 Å². The molecular formula is C14H24N2O3. The maximum absolute atomic E-state index is 12.2. The third-order valence-corrected chi connectivity index (χ3v) is 2.98. The second kappa shape index (κ2) is 5.63. The van der Waals surface area contributed by atoms with E-state index in [9.17, 15) is 9.59 Å². The summed E-state index contributed by atoms with van der Waals surface area (Å²) in [6.07, 6.45) is 0.119. The van der Waals surface area contributed by atoms with Gasteiger partial charge in [0.1, 0.15) is 11.6 Å². The second-order valence-corrected chi connectivity index (χ2v) is 5.96. The lowest BCUT2D eigenvalue weighted by atomic mass is 10.0. The quantitative estimate of drug-likeness (QED) is 0.780. The standard InChI is InChI=1S/C14H24N2O3/c1-7-11-12(17)15-10(9(2)3)8-16(11)13(18)19-14(4,5)6/h10-11H,2,7-8H2,1,3-6H3,(H,15,17)/t10-,11+/m0/s1. The van der Waals surface area contributed by atoms with E-state index in [0.29, 0.717) is 13.0 Å². The van der Waals surface area contributed by atoms with Crippen molar-refractivity contribution in [1.29, 1.82) is 0 Å². The molecule has 5 heteroatoms. The molecule has 0 aromatic carbocycles. The van der Waals surface area contributed by atoms with Crippen molar-refractivity contribution in [3.05, 3.63) is 12.2 Å². The Labute approximate surface area is 115 Å². The summed E-state index contributed by atoms with van der Waals surface area (Å²) in [6, 6.07) is -0.673. The zero-order valence-corrected chi connectivity index (χ0v) is 12.4. The molecule has 0 aromatic heterocycles. The van der Waals surface area contributed by atoms with Gasteiger partial charge in [-0.05, 0) is 34.1 Å². The van der Waals surface area contributed by atoms with Gasteiger partial charge in [-0.25, -0.2) is 4.79 Å². The van der Waals surface area contributed by atoms with Crippen LogP contribution in [0.5, 0.6) is 0 Å². The van der Waals surface area contributed by atoms with Crippen LogP contribution in [-0.2, 0) is 9.53 Å². The maximum atomic E-state index is 12.2. The molecule has 1 rings (SSSR count). The van der Waals surface area contributed by atoms with Crippen molar-refractivity contribution in [3.8, 4) is 0 Å². The minimum Gasteiger partial charge on any atom is -0.444 e. The number of piperazine rings is 1. The van der Waals surface area contributed by atoms with Crippen LogP contribution in [0, 0.1) is 0 Å². The van der Waals surface area contributed by atoms with Crippen LogP contribution >= 0.6 is 0 Å². The van der Waals surface area contributed by atoms with E-state index in [0.717, 1.165) is 5.57 Å². The molecule has 19 heavy (non-hydrogen) atoms. The molecule has 0 spiro atoms. The van der Waals surface area contributed by atoms with E-state index in [-0.39, 0.29) is 11.9 Å². The van der Waals surface area contributed by atoms with Crippen molar-refractivity contribution in [2.24, 2.45) is 0 Å². The fraction of sp³-hybridized carbons (Fsp3) is 0.714. The zero-order valence-electron chi connectivity index (χ0n) is 12.4. The number of nitrogens with zero attached hydrogens (tertiary/aromatic N) is 1. The molecule has 0 aliphatic carbocycles. The summed E-state index contributed by atoms with van der Waals surface area (Å²) in [5, 5.41) is 2.88. The first-order valence-corrected chi connectivity index (χ1v) is 6.61. The molecule has 5 nitrogen and oxygen atoms in total.